The summed E-state index contributed by atoms with van der Waals surface area (Å²) >= 11 is 0. The first-order chi connectivity index (χ1) is 15.2. The molecule has 156 valence electrons. The van der Waals surface area contributed by atoms with E-state index in [4.69, 9.17) is 0 Å². The molecule has 2 aromatic heterocycles. The van der Waals surface area contributed by atoms with Gasteiger partial charge in [-0.05, 0) is 37.0 Å². The highest BCUT2D eigenvalue weighted by Crippen LogP contribution is 2.41. The van der Waals surface area contributed by atoms with Crippen LogP contribution in [-0.2, 0) is 17.8 Å². The second-order valence-electron chi connectivity index (χ2n) is 7.86. The number of carbonyl (C=O) groups excluding carboxylic acids is 1. The van der Waals surface area contributed by atoms with Crippen LogP contribution in [0.2, 0.25) is 0 Å². The van der Waals surface area contributed by atoms with Crippen molar-refractivity contribution in [2.75, 3.05) is 6.54 Å². The van der Waals surface area contributed by atoms with E-state index in [1.54, 1.807) is 10.9 Å². The Kier molecular flexibility index (Phi) is 5.08. The lowest BCUT2D eigenvalue weighted by atomic mass is 10.1. The van der Waals surface area contributed by atoms with Crippen molar-refractivity contribution >= 4 is 16.8 Å². The van der Waals surface area contributed by atoms with Gasteiger partial charge in [-0.1, -0.05) is 48.5 Å². The van der Waals surface area contributed by atoms with Gasteiger partial charge < -0.3 is 5.32 Å². The van der Waals surface area contributed by atoms with E-state index in [0.717, 1.165) is 41.6 Å². The molecule has 7 heteroatoms. The second kappa shape index (κ2) is 8.18. The number of benzene rings is 2. The first kappa shape index (κ1) is 19.2. The van der Waals surface area contributed by atoms with E-state index in [2.05, 4.69) is 15.5 Å². The van der Waals surface area contributed by atoms with Gasteiger partial charge in [-0.15, -0.1) is 0 Å². The quantitative estimate of drug-likeness (QED) is 0.505. The van der Waals surface area contributed by atoms with E-state index >= 15 is 0 Å². The standard InChI is InChI=1S/C24H23N5O2/c30-21(25-14-13-17-7-3-1-4-8-17)16-28-24(31)23-20(22(27-28)18-11-12-18)15-26-29(23)19-9-5-2-6-10-19/h1-10,15,18H,11-14,16H2,(H,25,30). The summed E-state index contributed by atoms with van der Waals surface area (Å²) in [5.41, 5.74) is 2.98. The highest BCUT2D eigenvalue weighted by Gasteiger charge is 2.30. The Balaban J connectivity index is 1.42. The van der Waals surface area contributed by atoms with Gasteiger partial charge in [-0.3, -0.25) is 9.59 Å². The van der Waals surface area contributed by atoms with E-state index in [9.17, 15) is 9.59 Å². The van der Waals surface area contributed by atoms with E-state index < -0.39 is 0 Å². The summed E-state index contributed by atoms with van der Waals surface area (Å²) < 4.78 is 2.93. The van der Waals surface area contributed by atoms with Crippen molar-refractivity contribution in [1.82, 2.24) is 24.9 Å². The van der Waals surface area contributed by atoms with Gasteiger partial charge >= 0.3 is 0 Å². The number of hydrogen-bond acceptors (Lipinski definition) is 4. The fraction of sp³-hybridized carbons (Fsp3) is 0.250. The maximum absolute atomic E-state index is 13.3. The van der Waals surface area contributed by atoms with Crippen molar-refractivity contribution in [3.63, 3.8) is 0 Å². The molecule has 1 amide bonds. The highest BCUT2D eigenvalue weighted by molar-refractivity contribution is 5.83. The average Bonchev–Trinajstić information content (AvgIpc) is 3.54. The zero-order valence-corrected chi connectivity index (χ0v) is 17.1. The van der Waals surface area contributed by atoms with Crippen LogP contribution in [0.15, 0.2) is 71.7 Å². The first-order valence-corrected chi connectivity index (χ1v) is 10.6. The third-order valence-corrected chi connectivity index (χ3v) is 5.55. The molecule has 1 N–H and O–H groups in total. The molecule has 4 aromatic rings. The van der Waals surface area contributed by atoms with Gasteiger partial charge in [0.05, 0.1) is 17.6 Å². The Bertz CT molecular complexity index is 1270. The molecule has 0 unspecified atom stereocenters. The Labute approximate surface area is 179 Å². The molecular weight excluding hydrogens is 390 g/mol. The van der Waals surface area contributed by atoms with Crippen LogP contribution in [0, 0.1) is 0 Å². The Morgan fingerprint density at radius 1 is 1.03 bits per heavy atom. The van der Waals surface area contributed by atoms with Crippen LogP contribution in [-0.4, -0.2) is 32.0 Å². The monoisotopic (exact) mass is 413 g/mol. The molecule has 2 aromatic carbocycles. The molecule has 1 fully saturated rings. The van der Waals surface area contributed by atoms with Crippen LogP contribution < -0.4 is 10.9 Å². The number of hydrogen-bond donors (Lipinski definition) is 1. The van der Waals surface area contributed by atoms with Gasteiger partial charge in [0.2, 0.25) is 5.91 Å². The number of aromatic nitrogens is 4. The number of fused-ring (bicyclic) bond motifs is 1. The third-order valence-electron chi connectivity index (χ3n) is 5.55. The third kappa shape index (κ3) is 3.99. The smallest absolute Gasteiger partial charge is 0.293 e. The molecule has 5 rings (SSSR count). The SMILES string of the molecule is O=C(Cn1nc(C2CC2)c2cnn(-c3ccccc3)c2c1=O)NCCc1ccccc1. The number of rotatable bonds is 7. The van der Waals surface area contributed by atoms with Crippen molar-refractivity contribution in [3.8, 4) is 5.69 Å². The number of carbonyl (C=O) groups is 1. The molecule has 31 heavy (non-hydrogen) atoms. The van der Waals surface area contributed by atoms with Gasteiger partial charge in [0.15, 0.2) is 0 Å². The number of nitrogens with zero attached hydrogens (tertiary/aromatic N) is 4. The topological polar surface area (TPSA) is 81.8 Å². The predicted molar refractivity (Wildman–Crippen MR) is 118 cm³/mol. The van der Waals surface area contributed by atoms with Gasteiger partial charge in [0.1, 0.15) is 12.1 Å². The van der Waals surface area contributed by atoms with Gasteiger partial charge in [0.25, 0.3) is 5.56 Å². The van der Waals surface area contributed by atoms with E-state index in [1.165, 1.54) is 4.68 Å². The summed E-state index contributed by atoms with van der Waals surface area (Å²) in [5.74, 6) is 0.0984. The molecule has 7 nitrogen and oxygen atoms in total. The number of amides is 1. The van der Waals surface area contributed by atoms with Gasteiger partial charge in [-0.2, -0.15) is 10.2 Å². The summed E-state index contributed by atoms with van der Waals surface area (Å²) in [4.78, 5) is 25.8. The molecule has 1 aliphatic carbocycles. The summed E-state index contributed by atoms with van der Waals surface area (Å²) in [7, 11) is 0. The average molecular weight is 413 g/mol. The van der Waals surface area contributed by atoms with Crippen molar-refractivity contribution in [2.24, 2.45) is 0 Å². The van der Waals surface area contributed by atoms with Crippen molar-refractivity contribution in [2.45, 2.75) is 31.7 Å². The zero-order chi connectivity index (χ0) is 21.2. The first-order valence-electron chi connectivity index (χ1n) is 10.6. The van der Waals surface area contributed by atoms with Crippen molar-refractivity contribution < 1.29 is 4.79 Å². The normalized spacial score (nSPS) is 13.4. The molecule has 0 aliphatic heterocycles. The molecule has 0 atom stereocenters. The second-order valence-corrected chi connectivity index (χ2v) is 7.86. The largest absolute Gasteiger partial charge is 0.354 e. The molecule has 1 aliphatic rings. The van der Waals surface area contributed by atoms with Crippen molar-refractivity contribution in [3.05, 3.63) is 88.5 Å². The van der Waals surface area contributed by atoms with E-state index in [1.807, 2.05) is 60.7 Å². The minimum absolute atomic E-state index is 0.108. The lowest BCUT2D eigenvalue weighted by Crippen LogP contribution is -2.35. The highest BCUT2D eigenvalue weighted by atomic mass is 16.2. The zero-order valence-electron chi connectivity index (χ0n) is 17.1. The minimum atomic E-state index is -0.307. The van der Waals surface area contributed by atoms with Gasteiger partial charge in [-0.25, -0.2) is 9.36 Å². The predicted octanol–water partition coefficient (Wildman–Crippen LogP) is 2.82. The van der Waals surface area contributed by atoms with Crippen LogP contribution in [0.4, 0.5) is 0 Å². The fourth-order valence-corrected chi connectivity index (χ4v) is 3.81. The maximum Gasteiger partial charge on any atom is 0.293 e. The van der Waals surface area contributed by atoms with E-state index in [-0.39, 0.29) is 18.0 Å². The molecule has 1 saturated carbocycles. The van der Waals surface area contributed by atoms with Crippen LogP contribution in [0.3, 0.4) is 0 Å². The molecule has 0 spiro atoms. The number of para-hydroxylation sites is 1. The maximum atomic E-state index is 13.3. The summed E-state index contributed by atoms with van der Waals surface area (Å²) in [6, 6.07) is 19.5. The van der Waals surface area contributed by atoms with Gasteiger partial charge in [0, 0.05) is 17.8 Å². The lowest BCUT2D eigenvalue weighted by molar-refractivity contribution is -0.121. The number of nitrogens with one attached hydrogen (secondary N) is 1. The lowest BCUT2D eigenvalue weighted by Gasteiger charge is -2.10. The molecule has 0 saturated heterocycles. The van der Waals surface area contributed by atoms with Crippen LogP contribution in [0.25, 0.3) is 16.6 Å². The summed E-state index contributed by atoms with van der Waals surface area (Å²) in [6.45, 7) is 0.403. The minimum Gasteiger partial charge on any atom is -0.354 e. The van der Waals surface area contributed by atoms with Crippen molar-refractivity contribution in [1.29, 1.82) is 0 Å². The Morgan fingerprint density at radius 3 is 2.45 bits per heavy atom. The molecule has 0 radical (unpaired) electrons. The molecular formula is C24H23N5O2. The summed E-state index contributed by atoms with van der Waals surface area (Å²) in [5, 5.41) is 12.7. The molecule has 2 heterocycles. The molecule has 0 bridgehead atoms. The van der Waals surface area contributed by atoms with Crippen LogP contribution in [0.5, 0.6) is 0 Å². The Hall–Kier alpha value is -3.74. The fourth-order valence-electron chi connectivity index (χ4n) is 3.81. The Morgan fingerprint density at radius 2 is 1.74 bits per heavy atom. The summed E-state index contributed by atoms with van der Waals surface area (Å²) in [6.07, 6.45) is 4.54. The van der Waals surface area contributed by atoms with E-state index in [0.29, 0.717) is 18.0 Å². The van der Waals surface area contributed by atoms with Crippen LogP contribution >= 0.6 is 0 Å². The van der Waals surface area contributed by atoms with Crippen LogP contribution in [0.1, 0.15) is 30.0 Å².